The molecule has 0 unspecified atom stereocenters. The van der Waals surface area contributed by atoms with Gasteiger partial charge in [0.15, 0.2) is 28.9 Å². The molecule has 0 fully saturated rings. The van der Waals surface area contributed by atoms with Crippen molar-refractivity contribution in [3.8, 4) is 22.6 Å². The Labute approximate surface area is 313 Å². The Morgan fingerprint density at radius 1 is 1.04 bits per heavy atom. The van der Waals surface area contributed by atoms with Crippen LogP contribution in [-0.2, 0) is 17.8 Å². The van der Waals surface area contributed by atoms with Gasteiger partial charge in [0.25, 0.3) is 5.56 Å². The average Bonchev–Trinajstić information content (AvgIpc) is 3.62. The molecule has 1 aliphatic rings. The van der Waals surface area contributed by atoms with Crippen LogP contribution in [0.4, 0.5) is 20.5 Å². The van der Waals surface area contributed by atoms with Crippen LogP contribution in [0.2, 0.25) is 0 Å². The Kier molecular flexibility index (Phi) is 11.2. The highest BCUT2D eigenvalue weighted by Gasteiger charge is 2.29. The second-order valence-electron chi connectivity index (χ2n) is 13.4. The summed E-state index contributed by atoms with van der Waals surface area (Å²) in [4.78, 5) is 55.3. The number of likely N-dealkylation sites (N-methyl/N-ethyl adjacent to an activating group) is 1. The van der Waals surface area contributed by atoms with Gasteiger partial charge in [0, 0.05) is 36.7 Å². The number of allylic oxidation sites excluding steroid dienone is 1. The molecule has 0 spiro atoms. The first-order chi connectivity index (χ1) is 26.4. The van der Waals surface area contributed by atoms with Crippen molar-refractivity contribution in [3.63, 3.8) is 0 Å². The maximum absolute atomic E-state index is 15.8. The Balaban J connectivity index is 1.31. The molecule has 6 rings (SSSR count). The van der Waals surface area contributed by atoms with Crippen molar-refractivity contribution in [1.29, 1.82) is 0 Å². The third-order valence-electron chi connectivity index (χ3n) is 8.85. The number of anilines is 2. The van der Waals surface area contributed by atoms with E-state index in [1.165, 1.54) is 43.3 Å². The lowest BCUT2D eigenvalue weighted by molar-refractivity contribution is -0.880. The minimum Gasteiger partial charge on any atom is -0.494 e. The standard InChI is InChI=1S/C39H36F2N8O6/c1-49(2,23-26-13-15-43-36(26)48(52)53)16-8-11-28(50)18-24-9-7-10-25(17-24)22-47-37-27(21-44-39(46-37)45-32-12-5-6-14-42-32)19-29(38(47)51)33-34(40)30(54-3)20-31(55-4)35(33)41/h5-12,14-15,17,19-21H,13,16,18,22-23H2,1-4H3/p+1/b11-8+. The van der Waals surface area contributed by atoms with Crippen molar-refractivity contribution in [2.45, 2.75) is 19.4 Å². The number of nitrogens with zero attached hydrogens (tertiary/aromatic N) is 7. The zero-order chi connectivity index (χ0) is 39.3. The number of ether oxygens (including phenoxy) is 2. The minimum atomic E-state index is -1.08. The number of ketones is 1. The van der Waals surface area contributed by atoms with Crippen LogP contribution in [0.5, 0.6) is 11.5 Å². The van der Waals surface area contributed by atoms with Gasteiger partial charge >= 0.3 is 5.82 Å². The van der Waals surface area contributed by atoms with E-state index >= 15 is 8.78 Å². The second kappa shape index (κ2) is 16.1. The molecule has 0 saturated heterocycles. The van der Waals surface area contributed by atoms with E-state index in [0.29, 0.717) is 51.9 Å². The summed E-state index contributed by atoms with van der Waals surface area (Å²) in [5, 5.41) is 14.6. The van der Waals surface area contributed by atoms with Gasteiger partial charge in [-0.15, -0.1) is 0 Å². The maximum atomic E-state index is 15.8. The van der Waals surface area contributed by atoms with E-state index in [1.807, 2.05) is 14.1 Å². The molecule has 0 aliphatic carbocycles. The number of methoxy groups -OCH3 is 2. The molecule has 282 valence electrons. The Morgan fingerprint density at radius 2 is 1.78 bits per heavy atom. The summed E-state index contributed by atoms with van der Waals surface area (Å²) < 4.78 is 43.4. The molecule has 16 heteroatoms. The quantitative estimate of drug-likeness (QED) is 0.0612. The first kappa shape index (κ1) is 38.1. The van der Waals surface area contributed by atoms with Crippen molar-refractivity contribution in [2.75, 3.05) is 46.7 Å². The van der Waals surface area contributed by atoms with E-state index in [0.717, 1.165) is 6.07 Å². The number of nitrogens with one attached hydrogen (secondary N) is 1. The monoisotopic (exact) mass is 751 g/mol. The number of halogens is 2. The van der Waals surface area contributed by atoms with E-state index in [-0.39, 0.29) is 53.2 Å². The SMILES string of the molecule is COc1cc(OC)c(F)c(-c2cc3cnc(Nc4ccccn4)nc3n(Cc3cccc(CC(=O)/C=C/C[N+](C)(C)CC4=C([N+](=O)[O-])N=CC4)c3)c2=O)c1F. The predicted molar refractivity (Wildman–Crippen MR) is 202 cm³/mol. The van der Waals surface area contributed by atoms with E-state index in [9.17, 15) is 19.7 Å². The Bertz CT molecular complexity index is 2420. The molecule has 1 N–H and O–H groups in total. The highest BCUT2D eigenvalue weighted by Crippen LogP contribution is 2.37. The first-order valence-electron chi connectivity index (χ1n) is 17.0. The summed E-state index contributed by atoms with van der Waals surface area (Å²) in [5.74, 6) is -2.51. The molecule has 1 aliphatic heterocycles. The van der Waals surface area contributed by atoms with E-state index in [1.54, 1.807) is 54.7 Å². The third-order valence-corrected chi connectivity index (χ3v) is 8.85. The normalized spacial score (nSPS) is 12.8. The number of carbonyl (C=O) groups excluding carboxylic acids is 1. The number of aromatic nitrogens is 4. The predicted octanol–water partition coefficient (Wildman–Crippen LogP) is 5.65. The van der Waals surface area contributed by atoms with Crippen LogP contribution in [0, 0.1) is 21.7 Å². The first-order valence-corrected chi connectivity index (χ1v) is 17.0. The number of rotatable bonds is 15. The van der Waals surface area contributed by atoms with Crippen molar-refractivity contribution < 1.29 is 32.5 Å². The van der Waals surface area contributed by atoms with Gasteiger partial charge in [-0.1, -0.05) is 35.3 Å². The van der Waals surface area contributed by atoms with E-state index in [4.69, 9.17) is 9.47 Å². The van der Waals surface area contributed by atoms with Crippen molar-refractivity contribution in [3.05, 3.63) is 134 Å². The highest BCUT2D eigenvalue weighted by atomic mass is 19.1. The van der Waals surface area contributed by atoms with Gasteiger partial charge in [-0.2, -0.15) is 4.98 Å². The van der Waals surface area contributed by atoms with Crippen LogP contribution < -0.4 is 20.3 Å². The molecular formula is C39H37F2N8O6+. The minimum absolute atomic E-state index is 0.0538. The summed E-state index contributed by atoms with van der Waals surface area (Å²) in [6.45, 7) is 0.775. The van der Waals surface area contributed by atoms with Crippen LogP contribution in [0.1, 0.15) is 17.5 Å². The van der Waals surface area contributed by atoms with Crippen molar-refractivity contribution in [2.24, 2.45) is 4.99 Å². The van der Waals surface area contributed by atoms with Gasteiger partial charge in [0.2, 0.25) is 5.95 Å². The highest BCUT2D eigenvalue weighted by molar-refractivity contribution is 5.91. The number of benzene rings is 2. The maximum Gasteiger partial charge on any atom is 0.368 e. The molecule has 4 heterocycles. The van der Waals surface area contributed by atoms with Crippen molar-refractivity contribution >= 4 is 34.8 Å². The number of hydrogen-bond donors (Lipinski definition) is 1. The lowest BCUT2D eigenvalue weighted by Gasteiger charge is -2.28. The second-order valence-corrected chi connectivity index (χ2v) is 13.4. The summed E-state index contributed by atoms with van der Waals surface area (Å²) >= 11 is 0. The molecule has 0 atom stereocenters. The fourth-order valence-electron chi connectivity index (χ4n) is 6.29. The van der Waals surface area contributed by atoms with Gasteiger partial charge < -0.3 is 29.4 Å². The van der Waals surface area contributed by atoms with Gasteiger partial charge in [-0.05, 0) is 46.4 Å². The largest absolute Gasteiger partial charge is 0.494 e. The Morgan fingerprint density at radius 3 is 2.47 bits per heavy atom. The smallest absolute Gasteiger partial charge is 0.368 e. The number of pyridine rings is 2. The lowest BCUT2D eigenvalue weighted by atomic mass is 10.0. The third kappa shape index (κ3) is 8.60. The molecule has 2 aromatic carbocycles. The molecule has 55 heavy (non-hydrogen) atoms. The molecule has 0 amide bonds. The molecule has 0 radical (unpaired) electrons. The molecule has 0 saturated carbocycles. The average molecular weight is 752 g/mol. The topological polar surface area (TPSA) is 164 Å². The number of carbonyl (C=O) groups is 1. The summed E-state index contributed by atoms with van der Waals surface area (Å²) in [6, 6.07) is 14.7. The number of fused-ring (bicyclic) bond motifs is 1. The zero-order valence-corrected chi connectivity index (χ0v) is 30.5. The van der Waals surface area contributed by atoms with E-state index in [2.05, 4.69) is 25.3 Å². The molecule has 14 nitrogen and oxygen atoms in total. The van der Waals surface area contributed by atoms with Gasteiger partial charge in [0.1, 0.15) is 24.2 Å². The fourth-order valence-corrected chi connectivity index (χ4v) is 6.29. The fraction of sp³-hybridized carbons (Fsp3) is 0.231. The van der Waals surface area contributed by atoms with Crippen LogP contribution in [0.15, 0.2) is 100 Å². The van der Waals surface area contributed by atoms with Crippen LogP contribution in [0.25, 0.3) is 22.2 Å². The number of quaternary nitrogens is 1. The van der Waals surface area contributed by atoms with E-state index < -0.39 is 27.7 Å². The number of aliphatic imine (C=N–C) groups is 1. The molecular weight excluding hydrogens is 714 g/mol. The summed E-state index contributed by atoms with van der Waals surface area (Å²) in [7, 11) is 6.27. The van der Waals surface area contributed by atoms with Gasteiger partial charge in [-0.25, -0.2) is 18.7 Å². The zero-order valence-electron chi connectivity index (χ0n) is 30.5. The van der Waals surface area contributed by atoms with Crippen LogP contribution in [0.3, 0.4) is 0 Å². The lowest BCUT2D eigenvalue weighted by Crippen LogP contribution is -2.41. The number of nitro groups is 1. The van der Waals surface area contributed by atoms with Gasteiger partial charge in [-0.3, -0.25) is 14.2 Å². The van der Waals surface area contributed by atoms with Crippen LogP contribution in [-0.4, -0.2) is 82.3 Å². The van der Waals surface area contributed by atoms with Crippen molar-refractivity contribution in [1.82, 2.24) is 19.5 Å². The summed E-state index contributed by atoms with van der Waals surface area (Å²) in [5.41, 5.74) is 0.398. The molecule has 5 aromatic rings. The van der Waals surface area contributed by atoms with Gasteiger partial charge in [0.05, 0.1) is 58.1 Å². The molecule has 3 aromatic heterocycles. The van der Waals surface area contributed by atoms with Crippen LogP contribution >= 0.6 is 0 Å². The Hall–Kier alpha value is -6.68. The summed E-state index contributed by atoms with van der Waals surface area (Å²) in [6.07, 6.45) is 8.25. The number of hydrogen-bond acceptors (Lipinski definition) is 11. The molecule has 0 bridgehead atoms.